The van der Waals surface area contributed by atoms with Crippen molar-refractivity contribution >= 4 is 71.4 Å². The van der Waals surface area contributed by atoms with Crippen LogP contribution in [0.1, 0.15) is 82.6 Å². The van der Waals surface area contributed by atoms with Crippen LogP contribution < -0.4 is 19.7 Å². The Morgan fingerprint density at radius 1 is 0.901 bits per heavy atom. The number of H-pyrrole nitrogens is 1. The van der Waals surface area contributed by atoms with Crippen LogP contribution >= 0.6 is 11.6 Å². The summed E-state index contributed by atoms with van der Waals surface area (Å²) in [6, 6.07) is 17.8. The molecule has 4 heterocycles. The van der Waals surface area contributed by atoms with Gasteiger partial charge in [-0.2, -0.15) is 13.2 Å². The highest BCUT2D eigenvalue weighted by molar-refractivity contribution is 7.92. The van der Waals surface area contributed by atoms with E-state index in [4.69, 9.17) is 21.1 Å². The van der Waals surface area contributed by atoms with Crippen LogP contribution in [0.2, 0.25) is 5.02 Å². The molecular formula is C50H57ClF3N7O8S2. The number of rotatable bonds is 12. The molecule has 2 amide bonds. The van der Waals surface area contributed by atoms with Gasteiger partial charge in [-0.05, 0) is 124 Å². The van der Waals surface area contributed by atoms with Crippen LogP contribution in [-0.4, -0.2) is 112 Å². The average Bonchev–Trinajstić information content (AvgIpc) is 3.77. The van der Waals surface area contributed by atoms with Crippen molar-refractivity contribution in [3.8, 4) is 11.5 Å². The Hall–Kier alpha value is -5.83. The number of carbonyl (C=O) groups excluding carboxylic acids is 2. The topological polar surface area (TPSA) is 183 Å². The fraction of sp³-hybridized carbons (Fsp3) is 0.420. The van der Waals surface area contributed by atoms with Crippen molar-refractivity contribution in [3.63, 3.8) is 0 Å². The Labute approximate surface area is 416 Å². The lowest BCUT2D eigenvalue weighted by molar-refractivity contribution is -0.0436. The minimum absolute atomic E-state index is 0.0329. The largest absolute Gasteiger partial charge is 0.501 e. The van der Waals surface area contributed by atoms with E-state index >= 15 is 0 Å². The number of piperidine rings is 1. The van der Waals surface area contributed by atoms with Crippen molar-refractivity contribution in [1.82, 2.24) is 24.5 Å². The maximum Gasteiger partial charge on any atom is 0.501 e. The number of aromatic amines is 1. The summed E-state index contributed by atoms with van der Waals surface area (Å²) in [6.45, 7) is 13.6. The number of hydrogen-bond acceptors (Lipinski definition) is 12. The number of allylic oxidation sites excluding steroid dienone is 1. The smallest absolute Gasteiger partial charge is 0.455 e. The number of amides is 2. The first-order valence-electron chi connectivity index (χ1n) is 23.3. The zero-order valence-corrected chi connectivity index (χ0v) is 42.4. The number of nitrogens with one attached hydrogen (secondary N) is 3. The molecule has 21 heteroatoms. The zero-order chi connectivity index (χ0) is 51.1. The second-order valence-electron chi connectivity index (χ2n) is 20.0. The van der Waals surface area contributed by atoms with Gasteiger partial charge in [0.25, 0.3) is 25.8 Å². The number of aromatic nitrogens is 2. The van der Waals surface area contributed by atoms with E-state index in [1.807, 2.05) is 16.9 Å². The molecule has 2 saturated heterocycles. The number of benzene rings is 3. The van der Waals surface area contributed by atoms with Crippen LogP contribution in [0.15, 0.2) is 101 Å². The minimum atomic E-state index is -6.13. The van der Waals surface area contributed by atoms with Gasteiger partial charge in [0.1, 0.15) is 27.6 Å². The zero-order valence-electron chi connectivity index (χ0n) is 40.0. The molecule has 2 fully saturated rings. The summed E-state index contributed by atoms with van der Waals surface area (Å²) >= 11 is 6.24. The summed E-state index contributed by atoms with van der Waals surface area (Å²) in [4.78, 5) is 37.8. The molecule has 3 aliphatic rings. The van der Waals surface area contributed by atoms with Gasteiger partial charge in [-0.3, -0.25) is 9.69 Å². The van der Waals surface area contributed by atoms with Crippen molar-refractivity contribution in [2.24, 2.45) is 5.41 Å². The first kappa shape index (κ1) is 51.5. The molecule has 2 aromatic heterocycles. The molecule has 71 heavy (non-hydrogen) atoms. The lowest BCUT2D eigenvalue weighted by Crippen LogP contribution is -2.47. The third-order valence-corrected chi connectivity index (χ3v) is 16.0. The molecule has 0 atom stereocenters. The van der Waals surface area contributed by atoms with E-state index in [-0.39, 0.29) is 48.4 Å². The molecule has 8 rings (SSSR count). The Morgan fingerprint density at radius 3 is 2.28 bits per heavy atom. The number of alkyl halides is 3. The van der Waals surface area contributed by atoms with Gasteiger partial charge < -0.3 is 29.6 Å². The lowest BCUT2D eigenvalue weighted by Gasteiger charge is -2.39. The van der Waals surface area contributed by atoms with Crippen molar-refractivity contribution in [3.05, 3.63) is 107 Å². The number of hydrogen-bond donors (Lipinski definition) is 3. The molecule has 380 valence electrons. The van der Waals surface area contributed by atoms with Crippen molar-refractivity contribution in [2.45, 2.75) is 93.7 Å². The van der Waals surface area contributed by atoms with E-state index in [0.717, 1.165) is 51.0 Å². The highest BCUT2D eigenvalue weighted by atomic mass is 35.5. The Bertz CT molecular complexity index is 3070. The monoisotopic (exact) mass is 1040 g/mol. The highest BCUT2D eigenvalue weighted by Crippen LogP contribution is 2.44. The highest BCUT2D eigenvalue weighted by Gasteiger charge is 2.49. The SMILES string of the molecule is CC1(C)CCC(CN2CCN(c3ccc(C(=O)NS(=O)(=O)c4ccc(NC5CCN(C(=O)OC(C)(C)C)CC5)c(S(=O)(=O)C(F)(F)F)c4)c(Oc4cnc5[nH]ccc5c4)c3)CC2)=C(c2ccc(Cl)cc2)C1. The molecular weight excluding hydrogens is 983 g/mol. The second kappa shape index (κ2) is 20.0. The van der Waals surface area contributed by atoms with E-state index < -0.39 is 64.5 Å². The normalized spacial score (nSPS) is 17.6. The molecule has 15 nitrogen and oxygen atoms in total. The third kappa shape index (κ3) is 12.1. The number of fused-ring (bicyclic) bond motifs is 1. The number of carbonyl (C=O) groups is 2. The summed E-state index contributed by atoms with van der Waals surface area (Å²) in [5.41, 5.74) is -1.89. The quantitative estimate of drug-likeness (QED) is 0.108. The molecule has 5 aromatic rings. The number of pyridine rings is 1. The van der Waals surface area contributed by atoms with Gasteiger partial charge in [0.2, 0.25) is 0 Å². The molecule has 0 bridgehead atoms. The Kier molecular flexibility index (Phi) is 14.5. The Balaban J connectivity index is 1.02. The van der Waals surface area contributed by atoms with Gasteiger partial charge in [0.05, 0.1) is 22.3 Å². The number of sulfone groups is 1. The summed E-state index contributed by atoms with van der Waals surface area (Å²) in [5.74, 6) is -0.988. The van der Waals surface area contributed by atoms with Crippen molar-refractivity contribution in [2.75, 3.05) is 56.0 Å². The number of ether oxygens (including phenoxy) is 2. The van der Waals surface area contributed by atoms with Gasteiger partial charge in [0.15, 0.2) is 0 Å². The predicted molar refractivity (Wildman–Crippen MR) is 266 cm³/mol. The van der Waals surface area contributed by atoms with E-state index in [0.29, 0.717) is 40.9 Å². The Morgan fingerprint density at radius 2 is 1.61 bits per heavy atom. The fourth-order valence-corrected chi connectivity index (χ4v) is 11.2. The number of nitrogens with zero attached hydrogens (tertiary/aromatic N) is 4. The van der Waals surface area contributed by atoms with Crippen LogP contribution in [0.5, 0.6) is 11.5 Å². The van der Waals surface area contributed by atoms with E-state index in [2.05, 4.69) is 51.1 Å². The molecule has 0 spiro atoms. The van der Waals surface area contributed by atoms with Crippen LogP contribution in [0.25, 0.3) is 16.6 Å². The molecule has 2 aliphatic heterocycles. The summed E-state index contributed by atoms with van der Waals surface area (Å²) in [5, 5.41) is 4.20. The summed E-state index contributed by atoms with van der Waals surface area (Å²) < 4.78 is 110. The first-order chi connectivity index (χ1) is 33.3. The van der Waals surface area contributed by atoms with Gasteiger partial charge in [-0.1, -0.05) is 43.2 Å². The molecule has 0 unspecified atom stereocenters. The van der Waals surface area contributed by atoms with E-state index in [1.165, 1.54) is 33.9 Å². The number of likely N-dealkylation sites (tertiary alicyclic amines) is 1. The van der Waals surface area contributed by atoms with Gasteiger partial charge >= 0.3 is 11.6 Å². The molecule has 3 aromatic carbocycles. The van der Waals surface area contributed by atoms with Crippen LogP contribution in [0.4, 0.5) is 29.3 Å². The summed E-state index contributed by atoms with van der Waals surface area (Å²) in [7, 11) is -11.2. The predicted octanol–water partition coefficient (Wildman–Crippen LogP) is 10.0. The molecule has 1 aliphatic carbocycles. The maximum absolute atomic E-state index is 14.2. The molecule has 3 N–H and O–H groups in total. The van der Waals surface area contributed by atoms with E-state index in [9.17, 15) is 39.6 Å². The van der Waals surface area contributed by atoms with Crippen LogP contribution in [0.3, 0.4) is 0 Å². The number of anilines is 2. The molecule has 0 saturated carbocycles. The van der Waals surface area contributed by atoms with Crippen LogP contribution in [0, 0.1) is 5.41 Å². The van der Waals surface area contributed by atoms with Crippen molar-refractivity contribution < 1.29 is 49.1 Å². The van der Waals surface area contributed by atoms with E-state index in [1.54, 1.807) is 51.2 Å². The second-order valence-corrected chi connectivity index (χ2v) is 24.0. The lowest BCUT2D eigenvalue weighted by atomic mass is 9.72. The molecule has 0 radical (unpaired) electrons. The first-order valence-corrected chi connectivity index (χ1v) is 26.6. The standard InChI is InChI=1S/C50H57ClF3N7O8S2/c1-48(2,3)69-47(63)61-20-16-36(17-21-61)57-42-13-11-39(28-44(42)70(64,65)50(52,53)54)71(66,67)58-46(62)40-12-10-37(27-43(40)68-38-26-33-15-19-55-45(33)56-30-38)60-24-22-59(23-25-60)31-34-14-18-49(4,5)29-41(34)32-6-8-35(51)9-7-32/h6-13,15,19,26-28,30,36,57H,14,16-18,20-25,29,31H2,1-5H3,(H,55,56)(H,58,62). The number of piperazine rings is 1. The fourth-order valence-electron chi connectivity index (χ4n) is 9.10. The van der Waals surface area contributed by atoms with Crippen LogP contribution in [-0.2, 0) is 24.6 Å². The van der Waals surface area contributed by atoms with Gasteiger partial charge in [0, 0.05) is 80.2 Å². The third-order valence-electron chi connectivity index (χ3n) is 12.9. The van der Waals surface area contributed by atoms with Crippen molar-refractivity contribution in [1.29, 1.82) is 0 Å². The van der Waals surface area contributed by atoms with Gasteiger partial charge in [-0.15, -0.1) is 0 Å². The minimum Gasteiger partial charge on any atom is -0.455 e. The number of sulfonamides is 1. The average molecular weight is 1040 g/mol. The maximum atomic E-state index is 14.2. The number of halogens is 4. The van der Waals surface area contributed by atoms with Gasteiger partial charge in [-0.25, -0.2) is 31.3 Å². The summed E-state index contributed by atoms with van der Waals surface area (Å²) in [6.07, 6.45) is 6.05.